The number of hydrogen-bond donors (Lipinski definition) is 1. The smallest absolute Gasteiger partial charge is 0.221 e. The second-order valence-electron chi connectivity index (χ2n) is 7.28. The van der Waals surface area contributed by atoms with Gasteiger partial charge in [-0.3, -0.25) is 4.79 Å². The Labute approximate surface area is 155 Å². The predicted octanol–water partition coefficient (Wildman–Crippen LogP) is 2.00. The van der Waals surface area contributed by atoms with Crippen molar-refractivity contribution in [3.8, 4) is 0 Å². The van der Waals surface area contributed by atoms with Crippen LogP contribution >= 0.6 is 0 Å². The molecule has 1 atom stereocenters. The highest BCUT2D eigenvalue weighted by atomic mass is 32.2. The van der Waals surface area contributed by atoms with Gasteiger partial charge in [0, 0.05) is 32.3 Å². The third-order valence-electron chi connectivity index (χ3n) is 5.24. The first kappa shape index (κ1) is 19.3. The maximum absolute atomic E-state index is 12.4. The molecule has 0 aromatic heterocycles. The van der Waals surface area contributed by atoms with Crippen molar-refractivity contribution in [2.75, 3.05) is 25.6 Å². The van der Waals surface area contributed by atoms with Crippen LogP contribution in [0.5, 0.6) is 0 Å². The van der Waals surface area contributed by atoms with Crippen molar-refractivity contribution in [3.05, 3.63) is 29.8 Å². The van der Waals surface area contributed by atoms with E-state index in [2.05, 4.69) is 5.32 Å². The SMILES string of the molecule is Cc1ccc(S(=O)(=O)CCC(=O)NC2CCOC3(CCOCC3)C2)cc1. The summed E-state index contributed by atoms with van der Waals surface area (Å²) in [6.45, 7) is 3.90. The first-order chi connectivity index (χ1) is 12.4. The molecule has 1 N–H and O–H groups in total. The molecule has 0 aliphatic carbocycles. The van der Waals surface area contributed by atoms with Crippen LogP contribution in [0.15, 0.2) is 29.2 Å². The molecule has 1 unspecified atom stereocenters. The van der Waals surface area contributed by atoms with Gasteiger partial charge in [-0.15, -0.1) is 0 Å². The Morgan fingerprint density at radius 1 is 1.19 bits per heavy atom. The van der Waals surface area contributed by atoms with E-state index in [1.807, 2.05) is 6.92 Å². The van der Waals surface area contributed by atoms with Gasteiger partial charge in [0.15, 0.2) is 9.84 Å². The van der Waals surface area contributed by atoms with E-state index in [4.69, 9.17) is 9.47 Å². The van der Waals surface area contributed by atoms with Crippen LogP contribution < -0.4 is 5.32 Å². The Morgan fingerprint density at radius 3 is 2.58 bits per heavy atom. The van der Waals surface area contributed by atoms with Crippen LogP contribution in [0.25, 0.3) is 0 Å². The highest BCUT2D eigenvalue weighted by molar-refractivity contribution is 7.91. The molecule has 0 saturated carbocycles. The molecule has 6 nitrogen and oxygen atoms in total. The zero-order chi connectivity index (χ0) is 18.6. The number of amides is 1. The molecule has 7 heteroatoms. The van der Waals surface area contributed by atoms with E-state index in [1.54, 1.807) is 24.3 Å². The van der Waals surface area contributed by atoms with Crippen molar-refractivity contribution in [2.24, 2.45) is 0 Å². The van der Waals surface area contributed by atoms with Gasteiger partial charge in [0.25, 0.3) is 0 Å². The molecule has 0 radical (unpaired) electrons. The monoisotopic (exact) mass is 381 g/mol. The number of carbonyl (C=O) groups excluding carboxylic acids is 1. The summed E-state index contributed by atoms with van der Waals surface area (Å²) in [5, 5.41) is 3.00. The highest BCUT2D eigenvalue weighted by Crippen LogP contribution is 2.34. The Morgan fingerprint density at radius 2 is 1.88 bits per heavy atom. The first-order valence-corrected chi connectivity index (χ1v) is 10.8. The molecule has 144 valence electrons. The molecule has 1 aromatic rings. The topological polar surface area (TPSA) is 81.7 Å². The minimum Gasteiger partial charge on any atom is -0.381 e. The fourth-order valence-corrected chi connectivity index (χ4v) is 4.87. The molecule has 1 spiro atoms. The standard InChI is InChI=1S/C19H27NO5S/c1-15-2-4-17(5-3-15)26(22,23)13-7-18(21)20-16-6-10-25-19(14-16)8-11-24-12-9-19/h2-5,16H,6-14H2,1H3,(H,20,21). The number of benzene rings is 1. The van der Waals surface area contributed by atoms with Crippen molar-refractivity contribution >= 4 is 15.7 Å². The lowest BCUT2D eigenvalue weighted by atomic mass is 9.84. The lowest BCUT2D eigenvalue weighted by Crippen LogP contribution is -2.51. The number of carbonyl (C=O) groups is 1. The van der Waals surface area contributed by atoms with Gasteiger partial charge in [0.2, 0.25) is 5.91 Å². The van der Waals surface area contributed by atoms with Gasteiger partial charge >= 0.3 is 0 Å². The van der Waals surface area contributed by atoms with Crippen molar-refractivity contribution in [1.29, 1.82) is 0 Å². The number of rotatable bonds is 5. The molecule has 1 aromatic carbocycles. The van der Waals surface area contributed by atoms with Gasteiger partial charge in [-0.25, -0.2) is 8.42 Å². The number of ether oxygens (including phenoxy) is 2. The summed E-state index contributed by atoms with van der Waals surface area (Å²) in [6, 6.07) is 6.76. The molecular formula is C19H27NO5S. The van der Waals surface area contributed by atoms with Gasteiger partial charge in [-0.2, -0.15) is 0 Å². The van der Waals surface area contributed by atoms with Crippen LogP contribution in [-0.2, 0) is 24.1 Å². The summed E-state index contributed by atoms with van der Waals surface area (Å²) in [7, 11) is -3.44. The quantitative estimate of drug-likeness (QED) is 0.844. The third-order valence-corrected chi connectivity index (χ3v) is 6.97. The summed E-state index contributed by atoms with van der Waals surface area (Å²) in [5.74, 6) is -0.390. The summed E-state index contributed by atoms with van der Waals surface area (Å²) in [4.78, 5) is 12.5. The van der Waals surface area contributed by atoms with Gasteiger partial charge in [-0.05, 0) is 44.7 Å². The van der Waals surface area contributed by atoms with E-state index >= 15 is 0 Å². The van der Waals surface area contributed by atoms with Crippen LogP contribution in [0.1, 0.15) is 37.7 Å². The van der Waals surface area contributed by atoms with Crippen molar-refractivity contribution in [2.45, 2.75) is 55.6 Å². The minimum atomic E-state index is -3.44. The molecule has 2 aliphatic heterocycles. The van der Waals surface area contributed by atoms with Crippen LogP contribution in [0.4, 0.5) is 0 Å². The van der Waals surface area contributed by atoms with Crippen molar-refractivity contribution in [3.63, 3.8) is 0 Å². The largest absolute Gasteiger partial charge is 0.381 e. The van der Waals surface area contributed by atoms with E-state index in [0.717, 1.165) is 31.2 Å². The zero-order valence-corrected chi connectivity index (χ0v) is 16.0. The molecular weight excluding hydrogens is 354 g/mol. The molecule has 2 fully saturated rings. The summed E-state index contributed by atoms with van der Waals surface area (Å²) >= 11 is 0. The summed E-state index contributed by atoms with van der Waals surface area (Å²) < 4.78 is 36.1. The number of sulfone groups is 1. The molecule has 26 heavy (non-hydrogen) atoms. The second-order valence-corrected chi connectivity index (χ2v) is 9.39. The van der Waals surface area contributed by atoms with Crippen LogP contribution in [0.2, 0.25) is 0 Å². The third kappa shape index (κ3) is 4.84. The minimum absolute atomic E-state index is 0.0241. The zero-order valence-electron chi connectivity index (χ0n) is 15.2. The lowest BCUT2D eigenvalue weighted by Gasteiger charge is -2.43. The van der Waals surface area contributed by atoms with Crippen molar-refractivity contribution in [1.82, 2.24) is 5.32 Å². The fourth-order valence-electron chi connectivity index (χ4n) is 3.63. The normalized spacial score (nSPS) is 22.9. The van der Waals surface area contributed by atoms with E-state index in [0.29, 0.717) is 19.8 Å². The van der Waals surface area contributed by atoms with E-state index < -0.39 is 9.84 Å². The molecule has 2 aliphatic rings. The Bertz CT molecular complexity index is 717. The highest BCUT2D eigenvalue weighted by Gasteiger charge is 2.39. The van der Waals surface area contributed by atoms with Gasteiger partial charge in [0.1, 0.15) is 0 Å². The molecule has 3 rings (SSSR count). The Kier molecular flexibility index (Phi) is 5.99. The van der Waals surface area contributed by atoms with Crippen LogP contribution in [0.3, 0.4) is 0 Å². The first-order valence-electron chi connectivity index (χ1n) is 9.19. The molecule has 2 heterocycles. The van der Waals surface area contributed by atoms with E-state index in [9.17, 15) is 13.2 Å². The number of nitrogens with one attached hydrogen (secondary N) is 1. The Hall–Kier alpha value is -1.44. The van der Waals surface area contributed by atoms with Gasteiger partial charge in [0.05, 0.1) is 16.2 Å². The summed E-state index contributed by atoms with van der Waals surface area (Å²) in [6.07, 6.45) is 3.21. The Balaban J connectivity index is 1.51. The van der Waals surface area contributed by atoms with Gasteiger partial charge < -0.3 is 14.8 Å². The van der Waals surface area contributed by atoms with Crippen LogP contribution in [-0.4, -0.2) is 51.5 Å². The van der Waals surface area contributed by atoms with E-state index in [-0.39, 0.29) is 34.6 Å². The lowest BCUT2D eigenvalue weighted by molar-refractivity contribution is -0.143. The van der Waals surface area contributed by atoms with Crippen LogP contribution in [0, 0.1) is 6.92 Å². The average Bonchev–Trinajstić information content (AvgIpc) is 2.61. The van der Waals surface area contributed by atoms with E-state index in [1.165, 1.54) is 0 Å². The molecule has 2 saturated heterocycles. The number of hydrogen-bond acceptors (Lipinski definition) is 5. The maximum Gasteiger partial charge on any atom is 0.221 e. The molecule has 1 amide bonds. The fraction of sp³-hybridized carbons (Fsp3) is 0.632. The average molecular weight is 381 g/mol. The van der Waals surface area contributed by atoms with Crippen molar-refractivity contribution < 1.29 is 22.7 Å². The predicted molar refractivity (Wildman–Crippen MR) is 97.7 cm³/mol. The molecule has 0 bridgehead atoms. The maximum atomic E-state index is 12.4. The second kappa shape index (κ2) is 8.06. The summed E-state index contributed by atoms with van der Waals surface area (Å²) in [5.41, 5.74) is 0.811. The van der Waals surface area contributed by atoms with Gasteiger partial charge in [-0.1, -0.05) is 17.7 Å². The number of aryl methyl sites for hydroxylation is 1.